The Kier molecular flexibility index (Phi) is 4.19. The van der Waals surface area contributed by atoms with Crippen molar-refractivity contribution in [3.63, 3.8) is 0 Å². The molecule has 2 N–H and O–H groups in total. The van der Waals surface area contributed by atoms with Gasteiger partial charge in [-0.15, -0.1) is 0 Å². The number of likely N-dealkylation sites (N-methyl/N-ethyl adjacent to an activating group) is 1. The molecule has 0 unspecified atom stereocenters. The zero-order valence-corrected chi connectivity index (χ0v) is 11.2. The summed E-state index contributed by atoms with van der Waals surface area (Å²) in [6.45, 7) is 1.78. The number of carbonyl (C=O) groups excluding carboxylic acids is 1. The van der Waals surface area contributed by atoms with Gasteiger partial charge in [-0.1, -0.05) is 6.07 Å². The van der Waals surface area contributed by atoms with Gasteiger partial charge in [-0.2, -0.15) is 0 Å². The van der Waals surface area contributed by atoms with Crippen LogP contribution in [0.25, 0.3) is 0 Å². The van der Waals surface area contributed by atoms with Gasteiger partial charge in [0.1, 0.15) is 0 Å². The highest BCUT2D eigenvalue weighted by Crippen LogP contribution is 2.15. The Morgan fingerprint density at radius 1 is 1.53 bits per heavy atom. The molecule has 1 aliphatic rings. The molecule has 0 bridgehead atoms. The van der Waals surface area contributed by atoms with Crippen molar-refractivity contribution < 1.29 is 14.8 Å². The molecule has 0 aliphatic carbocycles. The third-order valence-corrected chi connectivity index (χ3v) is 3.30. The van der Waals surface area contributed by atoms with Gasteiger partial charge in [0, 0.05) is 51.0 Å². The van der Waals surface area contributed by atoms with E-state index in [4.69, 9.17) is 10.0 Å². The van der Waals surface area contributed by atoms with Crippen LogP contribution in [0.15, 0.2) is 12.3 Å². The molecule has 102 valence electrons. The van der Waals surface area contributed by atoms with Gasteiger partial charge >= 0.3 is 7.12 Å². The summed E-state index contributed by atoms with van der Waals surface area (Å²) in [6.07, 6.45) is 2.27. The van der Waals surface area contributed by atoms with E-state index in [0.29, 0.717) is 18.6 Å². The van der Waals surface area contributed by atoms with Gasteiger partial charge in [0.25, 0.3) is 0 Å². The predicted molar refractivity (Wildman–Crippen MR) is 71.7 cm³/mol. The van der Waals surface area contributed by atoms with Crippen LogP contribution in [-0.2, 0) is 17.8 Å². The number of hydrogen-bond acceptors (Lipinski definition) is 5. The number of hydrogen-bond donors (Lipinski definition) is 2. The van der Waals surface area contributed by atoms with Gasteiger partial charge in [-0.05, 0) is 5.56 Å². The molecule has 2 heterocycles. The van der Waals surface area contributed by atoms with E-state index < -0.39 is 7.12 Å². The Labute approximate surface area is 112 Å². The van der Waals surface area contributed by atoms with E-state index in [0.717, 1.165) is 24.2 Å². The van der Waals surface area contributed by atoms with Crippen molar-refractivity contribution in [3.05, 3.63) is 23.5 Å². The van der Waals surface area contributed by atoms with Crippen LogP contribution in [-0.4, -0.2) is 65.0 Å². The normalized spacial score (nSPS) is 14.9. The van der Waals surface area contributed by atoms with Crippen molar-refractivity contribution in [1.82, 2.24) is 14.8 Å². The standard InChI is InChI=1S/C12H18BN3O3/c1-15(2)12(17)8-16-4-3-11-9(7-16)5-10(6-14-11)13(18)19/h5-6,18-19H,3-4,7-8H2,1-2H3. The zero-order chi connectivity index (χ0) is 14.0. The third kappa shape index (κ3) is 3.31. The number of amides is 1. The summed E-state index contributed by atoms with van der Waals surface area (Å²) in [6, 6.07) is 1.75. The smallest absolute Gasteiger partial charge is 0.423 e. The third-order valence-electron chi connectivity index (χ3n) is 3.30. The van der Waals surface area contributed by atoms with Crippen molar-refractivity contribution in [1.29, 1.82) is 0 Å². The maximum Gasteiger partial charge on any atom is 0.490 e. The fourth-order valence-corrected chi connectivity index (χ4v) is 2.11. The van der Waals surface area contributed by atoms with E-state index in [-0.39, 0.29) is 5.91 Å². The van der Waals surface area contributed by atoms with Gasteiger partial charge in [0.15, 0.2) is 0 Å². The largest absolute Gasteiger partial charge is 0.490 e. The quantitative estimate of drug-likeness (QED) is 0.630. The molecule has 1 amide bonds. The van der Waals surface area contributed by atoms with Crippen molar-refractivity contribution in [2.45, 2.75) is 13.0 Å². The Morgan fingerprint density at radius 2 is 2.26 bits per heavy atom. The second kappa shape index (κ2) is 5.69. The molecule has 0 atom stereocenters. The molecular formula is C12H18BN3O3. The molecule has 0 spiro atoms. The Morgan fingerprint density at radius 3 is 2.89 bits per heavy atom. The summed E-state index contributed by atoms with van der Waals surface area (Å²) in [5, 5.41) is 18.3. The van der Waals surface area contributed by atoms with E-state index in [1.807, 2.05) is 4.90 Å². The lowest BCUT2D eigenvalue weighted by molar-refractivity contribution is -0.130. The molecule has 0 saturated carbocycles. The maximum atomic E-state index is 11.7. The first-order valence-electron chi connectivity index (χ1n) is 6.23. The van der Waals surface area contributed by atoms with Crippen LogP contribution in [0.5, 0.6) is 0 Å². The first-order valence-corrected chi connectivity index (χ1v) is 6.23. The van der Waals surface area contributed by atoms with Crippen molar-refractivity contribution in [2.75, 3.05) is 27.2 Å². The minimum absolute atomic E-state index is 0.0646. The Hall–Kier alpha value is -1.44. The van der Waals surface area contributed by atoms with Crippen LogP contribution < -0.4 is 5.46 Å². The minimum Gasteiger partial charge on any atom is -0.423 e. The van der Waals surface area contributed by atoms with E-state index in [2.05, 4.69) is 4.98 Å². The van der Waals surface area contributed by atoms with Gasteiger partial charge in [-0.3, -0.25) is 14.7 Å². The summed E-state index contributed by atoms with van der Waals surface area (Å²) < 4.78 is 0. The number of nitrogens with zero attached hydrogens (tertiary/aromatic N) is 3. The van der Waals surface area contributed by atoms with Crippen LogP contribution in [0.4, 0.5) is 0 Å². The number of aromatic nitrogens is 1. The monoisotopic (exact) mass is 263 g/mol. The van der Waals surface area contributed by atoms with Crippen molar-refractivity contribution in [2.24, 2.45) is 0 Å². The number of pyridine rings is 1. The highest BCUT2D eigenvalue weighted by Gasteiger charge is 2.22. The fourth-order valence-electron chi connectivity index (χ4n) is 2.11. The second-order valence-electron chi connectivity index (χ2n) is 5.00. The molecule has 7 heteroatoms. The number of rotatable bonds is 3. The van der Waals surface area contributed by atoms with Crippen LogP contribution in [0.2, 0.25) is 0 Å². The van der Waals surface area contributed by atoms with Crippen LogP contribution in [0.3, 0.4) is 0 Å². The Bertz CT molecular complexity index is 479. The molecule has 0 aromatic carbocycles. The molecule has 1 aromatic heterocycles. The first kappa shape index (κ1) is 14.0. The van der Waals surface area contributed by atoms with Gasteiger partial charge in [-0.25, -0.2) is 0 Å². The molecule has 19 heavy (non-hydrogen) atoms. The van der Waals surface area contributed by atoms with E-state index in [1.54, 1.807) is 25.1 Å². The topological polar surface area (TPSA) is 76.9 Å². The molecule has 0 fully saturated rings. The SMILES string of the molecule is CN(C)C(=O)CN1CCc2ncc(B(O)O)cc2C1. The summed E-state index contributed by atoms with van der Waals surface area (Å²) in [5.41, 5.74) is 2.32. The minimum atomic E-state index is -1.50. The van der Waals surface area contributed by atoms with E-state index in [9.17, 15) is 4.79 Å². The lowest BCUT2D eigenvalue weighted by atomic mass is 9.80. The lowest BCUT2D eigenvalue weighted by Crippen LogP contribution is -2.40. The van der Waals surface area contributed by atoms with Gasteiger partial charge < -0.3 is 14.9 Å². The van der Waals surface area contributed by atoms with Gasteiger partial charge in [0.05, 0.1) is 6.54 Å². The molecule has 1 aromatic rings. The fraction of sp³-hybridized carbons (Fsp3) is 0.500. The molecular weight excluding hydrogens is 245 g/mol. The number of fused-ring (bicyclic) bond motifs is 1. The molecule has 0 saturated heterocycles. The van der Waals surface area contributed by atoms with Gasteiger partial charge in [0.2, 0.25) is 5.91 Å². The summed E-state index contributed by atoms with van der Waals surface area (Å²) in [7, 11) is 1.97. The highest BCUT2D eigenvalue weighted by molar-refractivity contribution is 6.58. The average Bonchev–Trinajstić information content (AvgIpc) is 2.37. The molecule has 6 nitrogen and oxygen atoms in total. The van der Waals surface area contributed by atoms with E-state index in [1.165, 1.54) is 6.20 Å². The predicted octanol–water partition coefficient (Wildman–Crippen LogP) is -1.79. The Balaban J connectivity index is 2.09. The average molecular weight is 263 g/mol. The lowest BCUT2D eigenvalue weighted by Gasteiger charge is -2.28. The van der Waals surface area contributed by atoms with Crippen molar-refractivity contribution in [3.8, 4) is 0 Å². The van der Waals surface area contributed by atoms with Crippen LogP contribution in [0, 0.1) is 0 Å². The molecule has 0 radical (unpaired) electrons. The first-order chi connectivity index (χ1) is 8.97. The van der Waals surface area contributed by atoms with Crippen LogP contribution >= 0.6 is 0 Å². The summed E-state index contributed by atoms with van der Waals surface area (Å²) >= 11 is 0. The van der Waals surface area contributed by atoms with Crippen LogP contribution in [0.1, 0.15) is 11.3 Å². The highest BCUT2D eigenvalue weighted by atomic mass is 16.4. The molecule has 2 rings (SSSR count). The number of carbonyl (C=O) groups is 1. The molecule has 1 aliphatic heterocycles. The second-order valence-corrected chi connectivity index (χ2v) is 5.00. The van der Waals surface area contributed by atoms with E-state index >= 15 is 0 Å². The summed E-state index contributed by atoms with van der Waals surface area (Å²) in [5.74, 6) is 0.0646. The van der Waals surface area contributed by atoms with Crippen molar-refractivity contribution >= 4 is 18.5 Å². The summed E-state index contributed by atoms with van der Waals surface area (Å²) in [4.78, 5) is 19.5. The zero-order valence-electron chi connectivity index (χ0n) is 11.2. The maximum absolute atomic E-state index is 11.7.